The summed E-state index contributed by atoms with van der Waals surface area (Å²) in [6.45, 7) is 0.571. The molecule has 1 amide bonds. The first kappa shape index (κ1) is 19.2. The zero-order valence-corrected chi connectivity index (χ0v) is 15.5. The molecule has 0 saturated carbocycles. The van der Waals surface area contributed by atoms with Gasteiger partial charge in [0.2, 0.25) is 5.91 Å². The lowest BCUT2D eigenvalue weighted by atomic mass is 10.1. The average molecular weight is 375 g/mol. The van der Waals surface area contributed by atoms with Crippen LogP contribution in [0.2, 0.25) is 5.02 Å². The number of nitrogens with zero attached hydrogens (tertiary/aromatic N) is 1. The molecule has 130 valence electrons. The van der Waals surface area contributed by atoms with Gasteiger partial charge in [0.1, 0.15) is 5.75 Å². The normalized spacial score (nSPS) is 10.1. The van der Waals surface area contributed by atoms with Gasteiger partial charge in [0, 0.05) is 28.6 Å². The molecule has 1 N–H and O–H groups in total. The number of amides is 1. The minimum atomic E-state index is -0.0707. The second-order valence-corrected chi connectivity index (χ2v) is 6.85. The van der Waals surface area contributed by atoms with E-state index >= 15 is 0 Å². The van der Waals surface area contributed by atoms with Crippen molar-refractivity contribution in [1.29, 1.82) is 5.26 Å². The van der Waals surface area contributed by atoms with E-state index in [0.717, 1.165) is 22.6 Å². The number of hydrogen-bond acceptors (Lipinski definition) is 4. The van der Waals surface area contributed by atoms with Gasteiger partial charge in [0.25, 0.3) is 0 Å². The van der Waals surface area contributed by atoms with E-state index in [2.05, 4.69) is 11.4 Å². The van der Waals surface area contributed by atoms with Crippen molar-refractivity contribution in [2.75, 3.05) is 19.4 Å². The monoisotopic (exact) mass is 374 g/mol. The van der Waals surface area contributed by atoms with Crippen LogP contribution in [0, 0.1) is 11.3 Å². The molecule has 0 atom stereocenters. The van der Waals surface area contributed by atoms with Crippen molar-refractivity contribution >= 4 is 29.3 Å². The summed E-state index contributed by atoms with van der Waals surface area (Å²) in [5.41, 5.74) is 2.49. The number of nitriles is 1. The van der Waals surface area contributed by atoms with Gasteiger partial charge in [-0.1, -0.05) is 29.8 Å². The highest BCUT2D eigenvalue weighted by Crippen LogP contribution is 2.23. The SMILES string of the molecule is COc1ccc(Cl)cc1CC(=O)NCCSCc1ccccc1C#N. The summed E-state index contributed by atoms with van der Waals surface area (Å²) in [5, 5.41) is 12.5. The first-order chi connectivity index (χ1) is 12.1. The van der Waals surface area contributed by atoms with Crippen molar-refractivity contribution in [2.45, 2.75) is 12.2 Å². The van der Waals surface area contributed by atoms with Gasteiger partial charge in [-0.05, 0) is 29.8 Å². The first-order valence-electron chi connectivity index (χ1n) is 7.79. The molecule has 0 aliphatic heterocycles. The highest BCUT2D eigenvalue weighted by Gasteiger charge is 2.09. The first-order valence-corrected chi connectivity index (χ1v) is 9.32. The summed E-state index contributed by atoms with van der Waals surface area (Å²) in [4.78, 5) is 12.1. The van der Waals surface area contributed by atoms with Crippen LogP contribution in [0.5, 0.6) is 5.75 Å². The van der Waals surface area contributed by atoms with Crippen LogP contribution in [-0.4, -0.2) is 25.3 Å². The Labute approximate surface area is 157 Å². The number of carbonyl (C=O) groups is 1. The minimum absolute atomic E-state index is 0.0707. The lowest BCUT2D eigenvalue weighted by Gasteiger charge is -2.10. The lowest BCUT2D eigenvalue weighted by molar-refractivity contribution is -0.120. The van der Waals surface area contributed by atoms with Gasteiger partial charge in [-0.25, -0.2) is 0 Å². The molecule has 4 nitrogen and oxygen atoms in total. The molecule has 0 aliphatic rings. The highest BCUT2D eigenvalue weighted by atomic mass is 35.5. The predicted molar refractivity (Wildman–Crippen MR) is 102 cm³/mol. The van der Waals surface area contributed by atoms with Crippen LogP contribution < -0.4 is 10.1 Å². The van der Waals surface area contributed by atoms with Crippen LogP contribution >= 0.6 is 23.4 Å². The Balaban J connectivity index is 1.74. The van der Waals surface area contributed by atoms with Gasteiger partial charge in [-0.15, -0.1) is 0 Å². The number of halogens is 1. The molecular formula is C19H19ClN2O2S. The molecule has 6 heteroatoms. The Morgan fingerprint density at radius 3 is 2.84 bits per heavy atom. The van der Waals surface area contributed by atoms with Crippen LogP contribution in [0.1, 0.15) is 16.7 Å². The molecule has 25 heavy (non-hydrogen) atoms. The largest absolute Gasteiger partial charge is 0.496 e. The molecule has 0 aromatic heterocycles. The Bertz CT molecular complexity index is 774. The smallest absolute Gasteiger partial charge is 0.224 e. The maximum atomic E-state index is 12.1. The maximum absolute atomic E-state index is 12.1. The van der Waals surface area contributed by atoms with Gasteiger partial charge in [-0.2, -0.15) is 17.0 Å². The molecule has 0 fully saturated rings. The van der Waals surface area contributed by atoms with E-state index in [4.69, 9.17) is 21.6 Å². The standard InChI is InChI=1S/C19H19ClN2O2S/c1-24-18-7-6-17(20)10-16(18)11-19(23)22-8-9-25-13-15-5-3-2-4-14(15)12-21/h2-7,10H,8-9,11,13H2,1H3,(H,22,23). The lowest BCUT2D eigenvalue weighted by Crippen LogP contribution is -2.27. The summed E-state index contributed by atoms with van der Waals surface area (Å²) in [6.07, 6.45) is 0.228. The fraction of sp³-hybridized carbons (Fsp3) is 0.263. The summed E-state index contributed by atoms with van der Waals surface area (Å²) >= 11 is 7.65. The fourth-order valence-corrected chi connectivity index (χ4v) is 3.38. The van der Waals surface area contributed by atoms with E-state index in [1.165, 1.54) is 0 Å². The molecule has 0 aliphatic carbocycles. The van der Waals surface area contributed by atoms with Gasteiger partial charge in [0.05, 0.1) is 25.2 Å². The quantitative estimate of drug-likeness (QED) is 0.713. The number of rotatable bonds is 8. The topological polar surface area (TPSA) is 62.1 Å². The number of ether oxygens (including phenoxy) is 1. The van der Waals surface area contributed by atoms with E-state index in [0.29, 0.717) is 22.9 Å². The molecule has 2 aromatic carbocycles. The number of nitrogens with one attached hydrogen (secondary N) is 1. The van der Waals surface area contributed by atoms with Crippen molar-refractivity contribution in [3.8, 4) is 11.8 Å². The van der Waals surface area contributed by atoms with Crippen LogP contribution in [0.3, 0.4) is 0 Å². The zero-order valence-electron chi connectivity index (χ0n) is 13.9. The molecule has 0 bridgehead atoms. The Hall–Kier alpha value is -2.16. The van der Waals surface area contributed by atoms with Gasteiger partial charge >= 0.3 is 0 Å². The molecular weight excluding hydrogens is 356 g/mol. The van der Waals surface area contributed by atoms with Crippen LogP contribution in [0.4, 0.5) is 0 Å². The van der Waals surface area contributed by atoms with Crippen LogP contribution in [-0.2, 0) is 17.0 Å². The molecule has 0 spiro atoms. The van der Waals surface area contributed by atoms with Crippen molar-refractivity contribution in [2.24, 2.45) is 0 Å². The highest BCUT2D eigenvalue weighted by molar-refractivity contribution is 7.98. The third-order valence-corrected chi connectivity index (χ3v) is 4.80. The number of methoxy groups -OCH3 is 1. The van der Waals surface area contributed by atoms with Crippen LogP contribution in [0.25, 0.3) is 0 Å². The molecule has 0 heterocycles. The van der Waals surface area contributed by atoms with Gasteiger partial charge in [0.15, 0.2) is 0 Å². The summed E-state index contributed by atoms with van der Waals surface area (Å²) in [7, 11) is 1.57. The maximum Gasteiger partial charge on any atom is 0.224 e. The van der Waals surface area contributed by atoms with Crippen molar-refractivity contribution in [3.05, 3.63) is 64.2 Å². The summed E-state index contributed by atoms with van der Waals surface area (Å²) in [5.74, 6) is 2.11. The third-order valence-electron chi connectivity index (χ3n) is 3.56. The minimum Gasteiger partial charge on any atom is -0.496 e. The van der Waals surface area contributed by atoms with Crippen LogP contribution in [0.15, 0.2) is 42.5 Å². The van der Waals surface area contributed by atoms with Gasteiger partial charge in [-0.3, -0.25) is 4.79 Å². The van der Waals surface area contributed by atoms with E-state index in [1.807, 2.05) is 24.3 Å². The summed E-state index contributed by atoms with van der Waals surface area (Å²) < 4.78 is 5.25. The average Bonchev–Trinajstić information content (AvgIpc) is 2.62. The van der Waals surface area contributed by atoms with Gasteiger partial charge < -0.3 is 10.1 Å². The van der Waals surface area contributed by atoms with E-state index in [9.17, 15) is 4.79 Å². The number of thioether (sulfide) groups is 1. The number of hydrogen-bond donors (Lipinski definition) is 1. The van der Waals surface area contributed by atoms with Crippen molar-refractivity contribution in [3.63, 3.8) is 0 Å². The Kier molecular flexibility index (Phi) is 7.65. The molecule has 0 saturated heterocycles. The van der Waals surface area contributed by atoms with Crippen molar-refractivity contribution in [1.82, 2.24) is 5.32 Å². The van der Waals surface area contributed by atoms with E-state index < -0.39 is 0 Å². The molecule has 2 rings (SSSR count). The molecule has 2 aromatic rings. The fourth-order valence-electron chi connectivity index (χ4n) is 2.32. The van der Waals surface area contributed by atoms with E-state index in [-0.39, 0.29) is 12.3 Å². The predicted octanol–water partition coefficient (Wildman–Crippen LogP) is 3.81. The van der Waals surface area contributed by atoms with E-state index in [1.54, 1.807) is 37.1 Å². The second kappa shape index (κ2) is 9.97. The molecule has 0 radical (unpaired) electrons. The number of carbonyl (C=O) groups excluding carboxylic acids is 1. The second-order valence-electron chi connectivity index (χ2n) is 5.30. The summed E-state index contributed by atoms with van der Waals surface area (Å²) in [6, 6.07) is 15.0. The zero-order chi connectivity index (χ0) is 18.1. The Morgan fingerprint density at radius 1 is 1.28 bits per heavy atom. The van der Waals surface area contributed by atoms with Crippen molar-refractivity contribution < 1.29 is 9.53 Å². The number of benzene rings is 2. The Morgan fingerprint density at radius 2 is 2.08 bits per heavy atom. The molecule has 0 unspecified atom stereocenters. The third kappa shape index (κ3) is 6.00.